The van der Waals surface area contributed by atoms with E-state index in [1.165, 1.54) is 12.8 Å². The molecule has 2 radical (unpaired) electrons. The maximum Gasteiger partial charge on any atom is 0.481 e. The Balaban J connectivity index is 1.71. The smallest absolute Gasteiger partial charge is 0.396 e. The molecule has 4 heterocycles. The standard InChI is InChI=1S/C15H18BClN3O/c16-20-6-4-10(5-7-20)11(9-20)8-19-13-3-1-2-12(17)14(13)18-15(19)21/h1-3,10-11H,4-9H2,(H,18,21)/q+1. The van der Waals surface area contributed by atoms with E-state index in [0.717, 1.165) is 37.2 Å². The highest BCUT2D eigenvalue weighted by molar-refractivity contribution is 6.34. The lowest BCUT2D eigenvalue weighted by atomic mass is 9.75. The molecular formula is C15H18BClN3O+. The predicted molar refractivity (Wildman–Crippen MR) is 84.4 cm³/mol. The molecule has 1 aromatic carbocycles. The number of aromatic amines is 1. The normalized spacial score (nSPS) is 31.9. The van der Waals surface area contributed by atoms with Crippen LogP contribution in [0.3, 0.4) is 0 Å². The summed E-state index contributed by atoms with van der Waals surface area (Å²) in [5, 5.41) is 0.597. The van der Waals surface area contributed by atoms with Crippen molar-refractivity contribution in [1.29, 1.82) is 0 Å². The van der Waals surface area contributed by atoms with Crippen LogP contribution in [-0.2, 0) is 6.54 Å². The number of imidazole rings is 1. The number of aromatic nitrogens is 2. The van der Waals surface area contributed by atoms with Gasteiger partial charge in [-0.1, -0.05) is 17.7 Å². The summed E-state index contributed by atoms with van der Waals surface area (Å²) < 4.78 is 2.51. The third-order valence-electron chi connectivity index (χ3n) is 5.33. The Kier molecular flexibility index (Phi) is 2.98. The molecule has 3 aliphatic heterocycles. The highest BCUT2D eigenvalue weighted by atomic mass is 35.5. The highest BCUT2D eigenvalue weighted by Gasteiger charge is 2.43. The topological polar surface area (TPSA) is 37.8 Å². The van der Waals surface area contributed by atoms with Crippen LogP contribution in [0.1, 0.15) is 12.8 Å². The van der Waals surface area contributed by atoms with Crippen LogP contribution in [0.15, 0.2) is 23.0 Å². The zero-order chi connectivity index (χ0) is 14.6. The van der Waals surface area contributed by atoms with Gasteiger partial charge in [0.05, 0.1) is 35.7 Å². The number of fused-ring (bicyclic) bond motifs is 4. The van der Waals surface area contributed by atoms with Gasteiger partial charge in [-0.3, -0.25) is 4.57 Å². The van der Waals surface area contributed by atoms with Crippen molar-refractivity contribution in [3.63, 3.8) is 0 Å². The monoisotopic (exact) mass is 302 g/mol. The number of quaternary nitrogens is 1. The molecule has 2 bridgehead atoms. The molecule has 4 nitrogen and oxygen atoms in total. The molecule has 0 aliphatic carbocycles. The van der Waals surface area contributed by atoms with E-state index in [-0.39, 0.29) is 5.69 Å². The number of nitrogens with one attached hydrogen (secondary N) is 1. The molecule has 1 aromatic heterocycles. The van der Waals surface area contributed by atoms with Gasteiger partial charge in [0.25, 0.3) is 0 Å². The average molecular weight is 303 g/mol. The minimum atomic E-state index is -0.0712. The fourth-order valence-electron chi connectivity index (χ4n) is 4.14. The van der Waals surface area contributed by atoms with Crippen molar-refractivity contribution >= 4 is 30.6 Å². The molecule has 2 aromatic rings. The molecule has 21 heavy (non-hydrogen) atoms. The van der Waals surface area contributed by atoms with Gasteiger partial charge in [-0.05, 0) is 30.9 Å². The molecule has 108 valence electrons. The van der Waals surface area contributed by atoms with E-state index in [0.29, 0.717) is 21.3 Å². The van der Waals surface area contributed by atoms with Gasteiger partial charge in [0.15, 0.2) is 0 Å². The number of rotatable bonds is 2. The fraction of sp³-hybridized carbons (Fsp3) is 0.533. The minimum Gasteiger partial charge on any atom is -0.396 e. The maximum absolute atomic E-state index is 12.3. The number of hydrogen-bond acceptors (Lipinski definition) is 1. The summed E-state index contributed by atoms with van der Waals surface area (Å²) in [6, 6.07) is 5.65. The molecule has 3 saturated heterocycles. The van der Waals surface area contributed by atoms with Gasteiger partial charge in [0.1, 0.15) is 0 Å². The summed E-state index contributed by atoms with van der Waals surface area (Å²) in [6.45, 7) is 3.87. The summed E-state index contributed by atoms with van der Waals surface area (Å²) in [4.78, 5) is 15.1. The van der Waals surface area contributed by atoms with Crippen LogP contribution in [0, 0.1) is 11.8 Å². The number of piperidine rings is 3. The number of H-pyrrole nitrogens is 1. The van der Waals surface area contributed by atoms with Gasteiger partial charge >= 0.3 is 13.7 Å². The molecule has 0 amide bonds. The molecule has 3 aliphatic rings. The zero-order valence-electron chi connectivity index (χ0n) is 11.9. The largest absolute Gasteiger partial charge is 0.481 e. The van der Waals surface area contributed by atoms with Crippen molar-refractivity contribution in [2.45, 2.75) is 19.4 Å². The van der Waals surface area contributed by atoms with Crippen molar-refractivity contribution < 1.29 is 4.39 Å². The second-order valence-corrected chi connectivity index (χ2v) is 7.03. The first-order valence-electron chi connectivity index (χ1n) is 7.57. The lowest BCUT2D eigenvalue weighted by Crippen LogP contribution is -2.61. The van der Waals surface area contributed by atoms with Gasteiger partial charge in [0, 0.05) is 12.5 Å². The Labute approximate surface area is 129 Å². The summed E-state index contributed by atoms with van der Waals surface area (Å²) in [5.41, 5.74) is 1.56. The van der Waals surface area contributed by atoms with E-state index in [2.05, 4.69) is 4.98 Å². The SMILES string of the molecule is [B][N+]12CCC(CC1)C(Cn1c(=O)[nH]c3c(Cl)cccc31)C2. The van der Waals surface area contributed by atoms with Crippen molar-refractivity contribution in [3.8, 4) is 0 Å². The number of nitrogens with zero attached hydrogens (tertiary/aromatic N) is 2. The van der Waals surface area contributed by atoms with Crippen LogP contribution >= 0.6 is 11.6 Å². The molecule has 0 saturated carbocycles. The number of halogens is 1. The quantitative estimate of drug-likeness (QED) is 0.846. The average Bonchev–Trinajstić information content (AvgIpc) is 2.78. The number of benzene rings is 1. The summed E-state index contributed by atoms with van der Waals surface area (Å²) in [7, 11) is 6.41. The first kappa shape index (κ1) is 13.5. The first-order chi connectivity index (χ1) is 10.1. The summed E-state index contributed by atoms with van der Waals surface area (Å²) in [5.74, 6) is 1.18. The van der Waals surface area contributed by atoms with Crippen molar-refractivity contribution in [2.75, 3.05) is 19.6 Å². The van der Waals surface area contributed by atoms with Crippen LogP contribution in [-0.4, -0.2) is 41.6 Å². The third-order valence-corrected chi connectivity index (χ3v) is 5.65. The Hall–Kier alpha value is -1.20. The van der Waals surface area contributed by atoms with Crippen LogP contribution in [0.2, 0.25) is 5.02 Å². The predicted octanol–water partition coefficient (Wildman–Crippen LogP) is 1.92. The summed E-state index contributed by atoms with van der Waals surface area (Å²) in [6.07, 6.45) is 2.36. The highest BCUT2D eigenvalue weighted by Crippen LogP contribution is 2.37. The van der Waals surface area contributed by atoms with E-state index >= 15 is 0 Å². The van der Waals surface area contributed by atoms with Crippen molar-refractivity contribution in [3.05, 3.63) is 33.7 Å². The molecule has 0 spiro atoms. The molecular weight excluding hydrogens is 284 g/mol. The van der Waals surface area contributed by atoms with E-state index in [1.807, 2.05) is 16.7 Å². The maximum atomic E-state index is 12.3. The van der Waals surface area contributed by atoms with Crippen molar-refractivity contribution in [2.24, 2.45) is 11.8 Å². The second kappa shape index (κ2) is 4.65. The molecule has 5 rings (SSSR count). The Morgan fingerprint density at radius 3 is 2.86 bits per heavy atom. The van der Waals surface area contributed by atoms with Gasteiger partial charge in [-0.2, -0.15) is 0 Å². The molecule has 1 unspecified atom stereocenters. The zero-order valence-corrected chi connectivity index (χ0v) is 12.6. The van der Waals surface area contributed by atoms with E-state index in [4.69, 9.17) is 19.6 Å². The third kappa shape index (κ3) is 2.14. The van der Waals surface area contributed by atoms with Crippen LogP contribution < -0.4 is 5.69 Å². The van der Waals surface area contributed by atoms with Gasteiger partial charge in [-0.25, -0.2) is 4.79 Å². The summed E-state index contributed by atoms with van der Waals surface area (Å²) >= 11 is 6.16. The molecule has 3 fully saturated rings. The lowest BCUT2D eigenvalue weighted by Gasteiger charge is -2.51. The fourth-order valence-corrected chi connectivity index (χ4v) is 4.36. The van der Waals surface area contributed by atoms with Gasteiger partial charge in [0.2, 0.25) is 0 Å². The lowest BCUT2D eigenvalue weighted by molar-refractivity contribution is -0.841. The van der Waals surface area contributed by atoms with E-state index in [1.54, 1.807) is 6.07 Å². The van der Waals surface area contributed by atoms with Crippen LogP contribution in [0.4, 0.5) is 0 Å². The first-order valence-corrected chi connectivity index (χ1v) is 7.95. The van der Waals surface area contributed by atoms with Gasteiger partial charge < -0.3 is 9.38 Å². The molecule has 1 N–H and O–H groups in total. The van der Waals surface area contributed by atoms with Crippen LogP contribution in [0.5, 0.6) is 0 Å². The minimum absolute atomic E-state index is 0.0712. The Morgan fingerprint density at radius 2 is 2.14 bits per heavy atom. The Morgan fingerprint density at radius 1 is 1.38 bits per heavy atom. The molecule has 6 heteroatoms. The second-order valence-electron chi connectivity index (χ2n) is 6.62. The van der Waals surface area contributed by atoms with E-state index < -0.39 is 0 Å². The Bertz CT molecular complexity index is 745. The molecule has 1 atom stereocenters. The number of hydrogen-bond donors (Lipinski definition) is 1. The number of para-hydroxylation sites is 1. The van der Waals surface area contributed by atoms with E-state index in [9.17, 15) is 4.79 Å². The van der Waals surface area contributed by atoms with Crippen molar-refractivity contribution in [1.82, 2.24) is 9.55 Å². The van der Waals surface area contributed by atoms with Crippen LogP contribution in [0.25, 0.3) is 11.0 Å². The van der Waals surface area contributed by atoms with Gasteiger partial charge in [-0.15, -0.1) is 0 Å².